The number of fused-ring (bicyclic) bond motifs is 1. The topological polar surface area (TPSA) is 55.5 Å². The number of hydrogen-bond donors (Lipinski definition) is 1. The molecule has 1 N–H and O–H groups in total. The van der Waals surface area contributed by atoms with Crippen LogP contribution in [0.4, 0.5) is 5.13 Å². The zero-order valence-electron chi connectivity index (χ0n) is 22.6. The number of para-hydroxylation sites is 1. The average Bonchev–Trinajstić information content (AvgIpc) is 3.58. The number of carbonyl (C=O) groups excluding carboxylic acids is 1. The monoisotopic (exact) mass is 585 g/mol. The fourth-order valence-electron chi connectivity index (χ4n) is 6.25. The summed E-state index contributed by atoms with van der Waals surface area (Å²) in [6.45, 7) is 10.5. The van der Waals surface area contributed by atoms with E-state index in [2.05, 4.69) is 70.0 Å². The maximum absolute atomic E-state index is 13.8. The zero-order chi connectivity index (χ0) is 25.4. The van der Waals surface area contributed by atoms with E-state index in [1.807, 2.05) is 22.5 Å². The Labute approximate surface area is 247 Å². The number of aromatic nitrogens is 2. The van der Waals surface area contributed by atoms with Gasteiger partial charge in [-0.25, -0.2) is 4.98 Å². The first kappa shape index (κ1) is 29.4. The molecule has 39 heavy (non-hydrogen) atoms. The Bertz CT molecular complexity index is 1370. The Hall–Kier alpha value is -2.58. The van der Waals surface area contributed by atoms with Crippen LogP contribution in [0.15, 0.2) is 54.0 Å². The molecule has 0 saturated carbocycles. The summed E-state index contributed by atoms with van der Waals surface area (Å²) in [6.07, 6.45) is 4.17. The average molecular weight is 587 g/mol. The Balaban J connectivity index is 0.00000176. The van der Waals surface area contributed by atoms with Gasteiger partial charge in [-0.2, -0.15) is 0 Å². The summed E-state index contributed by atoms with van der Waals surface area (Å²) in [5, 5.41) is 4.22. The molecule has 208 valence electrons. The quantitative estimate of drug-likeness (QED) is 0.293. The Morgan fingerprint density at radius 2 is 1.64 bits per heavy atom. The van der Waals surface area contributed by atoms with E-state index in [1.165, 1.54) is 16.5 Å². The van der Waals surface area contributed by atoms with Crippen LogP contribution in [0.5, 0.6) is 0 Å². The lowest BCUT2D eigenvalue weighted by Crippen LogP contribution is -2.49. The van der Waals surface area contributed by atoms with Gasteiger partial charge >= 0.3 is 0 Å². The van der Waals surface area contributed by atoms with E-state index in [0.717, 1.165) is 67.5 Å². The summed E-state index contributed by atoms with van der Waals surface area (Å²) in [7, 11) is 0. The second-order valence-corrected chi connectivity index (χ2v) is 11.3. The minimum atomic E-state index is 0. The molecule has 2 fully saturated rings. The number of aromatic amines is 1. The number of carbonyl (C=O) groups is 1. The smallest absolute Gasteiger partial charge is 0.270 e. The van der Waals surface area contributed by atoms with Crippen molar-refractivity contribution in [2.24, 2.45) is 0 Å². The van der Waals surface area contributed by atoms with E-state index in [9.17, 15) is 4.79 Å². The van der Waals surface area contributed by atoms with Gasteiger partial charge in [0, 0.05) is 60.8 Å². The van der Waals surface area contributed by atoms with Crippen molar-refractivity contribution in [2.45, 2.75) is 39.2 Å². The minimum Gasteiger partial charge on any atom is -0.350 e. The number of piperazine rings is 1. The number of hydrogen-bond acceptors (Lipinski definition) is 5. The molecule has 0 spiro atoms. The number of amides is 1. The number of nitrogens with one attached hydrogen (secondary N) is 1. The van der Waals surface area contributed by atoms with Crippen molar-refractivity contribution in [2.75, 3.05) is 44.2 Å². The molecule has 2 aliphatic rings. The van der Waals surface area contributed by atoms with E-state index in [0.29, 0.717) is 19.0 Å². The van der Waals surface area contributed by atoms with Crippen LogP contribution in [-0.4, -0.2) is 64.9 Å². The number of nitrogens with zero attached hydrogens (tertiary/aromatic N) is 4. The van der Waals surface area contributed by atoms with Crippen LogP contribution in [0, 0.1) is 13.8 Å². The normalized spacial score (nSPS) is 16.7. The second kappa shape index (κ2) is 12.7. The summed E-state index contributed by atoms with van der Waals surface area (Å²) in [4.78, 5) is 28.5. The van der Waals surface area contributed by atoms with Crippen molar-refractivity contribution in [1.29, 1.82) is 0 Å². The highest BCUT2D eigenvalue weighted by Crippen LogP contribution is 2.34. The molecule has 0 radical (unpaired) electrons. The summed E-state index contributed by atoms with van der Waals surface area (Å²) in [5.74, 6) is 0.742. The molecular formula is C30H37Cl2N5OS. The van der Waals surface area contributed by atoms with Crippen LogP contribution in [0.1, 0.15) is 51.5 Å². The van der Waals surface area contributed by atoms with E-state index in [4.69, 9.17) is 0 Å². The predicted molar refractivity (Wildman–Crippen MR) is 166 cm³/mol. The third-order valence-electron chi connectivity index (χ3n) is 8.20. The standard InChI is InChI=1S/C30H35N5OS.2ClH/c1-21-6-5-7-22(2)27(21)23-10-13-33(14-11-23)20-25-24-8-3-4-9-26(24)32-28(25)29(36)34-15-17-35(18-16-34)30-31-12-19-37-30;;/h3-9,12,19,23,32H,10-11,13-18,20H2,1-2H3;2*1H. The molecule has 2 saturated heterocycles. The lowest BCUT2D eigenvalue weighted by Gasteiger charge is -2.35. The van der Waals surface area contributed by atoms with Crippen LogP contribution >= 0.6 is 36.2 Å². The third-order valence-corrected chi connectivity index (χ3v) is 9.04. The van der Waals surface area contributed by atoms with Gasteiger partial charge in [0.1, 0.15) is 5.69 Å². The van der Waals surface area contributed by atoms with Crippen molar-refractivity contribution in [3.8, 4) is 0 Å². The lowest BCUT2D eigenvalue weighted by atomic mass is 9.84. The molecule has 0 bridgehead atoms. The summed E-state index contributed by atoms with van der Waals surface area (Å²) in [6, 6.07) is 15.0. The fraction of sp³-hybridized carbons (Fsp3) is 0.400. The third kappa shape index (κ3) is 5.97. The number of anilines is 1. The maximum Gasteiger partial charge on any atom is 0.270 e. The lowest BCUT2D eigenvalue weighted by molar-refractivity contribution is 0.0739. The molecule has 6 nitrogen and oxygen atoms in total. The molecule has 0 unspecified atom stereocenters. The number of H-pyrrole nitrogens is 1. The second-order valence-electron chi connectivity index (χ2n) is 10.5. The number of piperidine rings is 1. The van der Waals surface area contributed by atoms with Gasteiger partial charge in [0.2, 0.25) is 0 Å². The Morgan fingerprint density at radius 1 is 0.949 bits per heavy atom. The van der Waals surface area contributed by atoms with Gasteiger partial charge in [-0.05, 0) is 68.5 Å². The van der Waals surface area contributed by atoms with E-state index < -0.39 is 0 Å². The molecule has 4 aromatic rings. The number of benzene rings is 2. The zero-order valence-corrected chi connectivity index (χ0v) is 25.0. The van der Waals surface area contributed by atoms with Gasteiger partial charge in [-0.15, -0.1) is 36.2 Å². The fourth-order valence-corrected chi connectivity index (χ4v) is 6.95. The van der Waals surface area contributed by atoms with Gasteiger partial charge in [-0.3, -0.25) is 9.69 Å². The van der Waals surface area contributed by atoms with Gasteiger partial charge in [-0.1, -0.05) is 36.4 Å². The van der Waals surface area contributed by atoms with Gasteiger partial charge in [0.25, 0.3) is 5.91 Å². The molecule has 0 aliphatic carbocycles. The largest absolute Gasteiger partial charge is 0.350 e. The SMILES string of the molecule is Cc1cccc(C)c1C1CCN(Cc2c(C(=O)N3CCN(c4nccs4)CC3)[nH]c3ccccc23)CC1.Cl.Cl. The van der Waals surface area contributed by atoms with E-state index in [1.54, 1.807) is 16.9 Å². The number of aryl methyl sites for hydroxylation is 2. The van der Waals surface area contributed by atoms with Crippen molar-refractivity contribution in [3.05, 3.63) is 82.0 Å². The molecular weight excluding hydrogens is 549 g/mol. The van der Waals surface area contributed by atoms with E-state index >= 15 is 0 Å². The first-order valence-corrected chi connectivity index (χ1v) is 14.3. The highest BCUT2D eigenvalue weighted by molar-refractivity contribution is 7.13. The molecule has 4 heterocycles. The molecule has 0 atom stereocenters. The molecule has 2 aromatic carbocycles. The Morgan fingerprint density at radius 3 is 2.31 bits per heavy atom. The highest BCUT2D eigenvalue weighted by atomic mass is 35.5. The van der Waals surface area contributed by atoms with Gasteiger partial charge in [0.15, 0.2) is 5.13 Å². The first-order valence-electron chi connectivity index (χ1n) is 13.4. The molecule has 2 aliphatic heterocycles. The molecule has 1 amide bonds. The van der Waals surface area contributed by atoms with Gasteiger partial charge < -0.3 is 14.8 Å². The van der Waals surface area contributed by atoms with Crippen LogP contribution in [0.3, 0.4) is 0 Å². The number of likely N-dealkylation sites (tertiary alicyclic amines) is 1. The highest BCUT2D eigenvalue weighted by Gasteiger charge is 2.29. The van der Waals surface area contributed by atoms with Crippen molar-refractivity contribution in [3.63, 3.8) is 0 Å². The van der Waals surface area contributed by atoms with Crippen molar-refractivity contribution in [1.82, 2.24) is 19.8 Å². The Kier molecular flexibility index (Phi) is 9.60. The van der Waals surface area contributed by atoms with E-state index in [-0.39, 0.29) is 30.7 Å². The predicted octanol–water partition coefficient (Wildman–Crippen LogP) is 6.43. The van der Waals surface area contributed by atoms with Crippen LogP contribution in [0.2, 0.25) is 0 Å². The summed E-state index contributed by atoms with van der Waals surface area (Å²) >= 11 is 1.66. The number of rotatable bonds is 5. The van der Waals surface area contributed by atoms with Crippen molar-refractivity contribution < 1.29 is 4.79 Å². The molecule has 6 rings (SSSR count). The van der Waals surface area contributed by atoms with Crippen LogP contribution in [0.25, 0.3) is 10.9 Å². The minimum absolute atomic E-state index is 0. The summed E-state index contributed by atoms with van der Waals surface area (Å²) in [5.41, 5.74) is 7.33. The van der Waals surface area contributed by atoms with Crippen LogP contribution in [-0.2, 0) is 6.54 Å². The number of thiazole rings is 1. The van der Waals surface area contributed by atoms with Crippen molar-refractivity contribution >= 4 is 58.1 Å². The van der Waals surface area contributed by atoms with Crippen LogP contribution < -0.4 is 4.90 Å². The molecule has 9 heteroatoms. The summed E-state index contributed by atoms with van der Waals surface area (Å²) < 4.78 is 0. The van der Waals surface area contributed by atoms with Gasteiger partial charge in [0.05, 0.1) is 0 Å². The first-order chi connectivity index (χ1) is 18.1. The molecule has 2 aromatic heterocycles. The maximum atomic E-state index is 13.8. The number of halogens is 2.